The number of aliphatic hydroxyl groups is 1. The van der Waals surface area contributed by atoms with Crippen LogP contribution in [0.25, 0.3) is 0 Å². The number of benzene rings is 1. The summed E-state index contributed by atoms with van der Waals surface area (Å²) in [6, 6.07) is 10.3. The Labute approximate surface area is 120 Å². The fraction of sp³-hybridized carbons (Fsp3) is 0.385. The second kappa shape index (κ2) is 5.90. The minimum atomic E-state index is -0.463. The lowest BCUT2D eigenvalue weighted by Gasteiger charge is -2.08. The number of rotatable bonds is 6. The van der Waals surface area contributed by atoms with E-state index in [2.05, 4.69) is 15.5 Å². The third kappa shape index (κ3) is 3.68. The lowest BCUT2D eigenvalue weighted by Crippen LogP contribution is -1.99. The average Bonchev–Trinajstić information content (AvgIpc) is 3.14. The summed E-state index contributed by atoms with van der Waals surface area (Å²) >= 11 is 3.10. The molecule has 0 amide bonds. The number of nitrogens with one attached hydrogen (secondary N) is 1. The van der Waals surface area contributed by atoms with Crippen molar-refractivity contribution in [1.82, 2.24) is 10.2 Å². The Morgan fingerprint density at radius 2 is 2.11 bits per heavy atom. The normalized spacial score (nSPS) is 16.3. The predicted octanol–water partition coefficient (Wildman–Crippen LogP) is 2.94. The number of hydrogen-bond acceptors (Lipinski definition) is 6. The molecule has 2 N–H and O–H groups in total. The molecule has 1 aromatic carbocycles. The molecule has 0 bridgehead atoms. The zero-order valence-corrected chi connectivity index (χ0v) is 12.0. The van der Waals surface area contributed by atoms with Gasteiger partial charge in [0.1, 0.15) is 0 Å². The van der Waals surface area contributed by atoms with E-state index in [9.17, 15) is 5.11 Å². The van der Waals surface area contributed by atoms with Crippen molar-refractivity contribution >= 4 is 28.2 Å². The highest BCUT2D eigenvalue weighted by Crippen LogP contribution is 2.31. The number of hydrogen-bond donors (Lipinski definition) is 2. The highest BCUT2D eigenvalue weighted by atomic mass is 32.2. The van der Waals surface area contributed by atoms with Crippen LogP contribution in [0.4, 0.5) is 5.13 Å². The maximum atomic E-state index is 10.1. The van der Waals surface area contributed by atoms with Gasteiger partial charge in [-0.2, -0.15) is 0 Å². The molecule has 1 fully saturated rings. The van der Waals surface area contributed by atoms with Crippen LogP contribution in [0.5, 0.6) is 0 Å². The van der Waals surface area contributed by atoms with Gasteiger partial charge in [0.25, 0.3) is 0 Å². The molecule has 1 saturated carbocycles. The van der Waals surface area contributed by atoms with Crippen LogP contribution in [-0.4, -0.2) is 27.1 Å². The van der Waals surface area contributed by atoms with Crippen molar-refractivity contribution in [3.63, 3.8) is 0 Å². The van der Waals surface area contributed by atoms with Gasteiger partial charge in [-0.1, -0.05) is 53.4 Å². The van der Waals surface area contributed by atoms with Gasteiger partial charge < -0.3 is 10.4 Å². The summed E-state index contributed by atoms with van der Waals surface area (Å²) in [7, 11) is 0. The van der Waals surface area contributed by atoms with Crippen LogP contribution in [0.3, 0.4) is 0 Å². The zero-order chi connectivity index (χ0) is 13.1. The molecule has 2 aromatic rings. The van der Waals surface area contributed by atoms with E-state index in [-0.39, 0.29) is 0 Å². The lowest BCUT2D eigenvalue weighted by atomic mass is 10.1. The number of nitrogens with zero attached hydrogens (tertiary/aromatic N) is 2. The van der Waals surface area contributed by atoms with Crippen LogP contribution >= 0.6 is 23.1 Å². The maximum absolute atomic E-state index is 10.1. The Kier molecular flexibility index (Phi) is 4.00. The molecule has 19 heavy (non-hydrogen) atoms. The van der Waals surface area contributed by atoms with E-state index >= 15 is 0 Å². The van der Waals surface area contributed by atoms with Crippen LogP contribution in [0.15, 0.2) is 34.7 Å². The summed E-state index contributed by atoms with van der Waals surface area (Å²) in [5.74, 6) is 0.599. The van der Waals surface area contributed by atoms with Gasteiger partial charge >= 0.3 is 0 Å². The molecule has 1 unspecified atom stereocenters. The molecule has 6 heteroatoms. The lowest BCUT2D eigenvalue weighted by molar-refractivity contribution is 0.204. The third-order valence-electron chi connectivity index (χ3n) is 2.86. The van der Waals surface area contributed by atoms with E-state index in [4.69, 9.17) is 0 Å². The first-order valence-corrected chi connectivity index (χ1v) is 8.07. The van der Waals surface area contributed by atoms with E-state index in [0.29, 0.717) is 11.8 Å². The quantitative estimate of drug-likeness (QED) is 0.802. The first-order valence-electron chi connectivity index (χ1n) is 6.27. The fourth-order valence-electron chi connectivity index (χ4n) is 1.65. The Bertz CT molecular complexity index is 528. The largest absolute Gasteiger partial charge is 0.388 e. The van der Waals surface area contributed by atoms with Gasteiger partial charge in [0, 0.05) is 11.8 Å². The van der Waals surface area contributed by atoms with Gasteiger partial charge in [0.15, 0.2) is 4.34 Å². The zero-order valence-electron chi connectivity index (χ0n) is 10.3. The molecule has 1 aromatic heterocycles. The highest BCUT2D eigenvalue weighted by molar-refractivity contribution is 8.01. The Morgan fingerprint density at radius 3 is 2.84 bits per heavy atom. The Hall–Kier alpha value is -1.11. The van der Waals surface area contributed by atoms with Crippen LogP contribution in [0.1, 0.15) is 24.5 Å². The summed E-state index contributed by atoms with van der Waals surface area (Å²) in [6.07, 6.45) is 2.00. The SMILES string of the molecule is OC(CSc1nnc(NC2CC2)s1)c1ccccc1. The van der Waals surface area contributed by atoms with Crippen molar-refractivity contribution in [2.45, 2.75) is 29.3 Å². The number of thioether (sulfide) groups is 1. The molecule has 3 rings (SSSR count). The average molecular weight is 293 g/mol. The van der Waals surface area contributed by atoms with Gasteiger partial charge in [0.05, 0.1) is 6.10 Å². The summed E-state index contributed by atoms with van der Waals surface area (Å²) in [4.78, 5) is 0. The smallest absolute Gasteiger partial charge is 0.206 e. The molecular formula is C13H15N3OS2. The summed E-state index contributed by atoms with van der Waals surface area (Å²) < 4.78 is 0.901. The molecule has 4 nitrogen and oxygen atoms in total. The van der Waals surface area contributed by atoms with Crippen LogP contribution in [-0.2, 0) is 0 Å². The number of aliphatic hydroxyl groups excluding tert-OH is 1. The summed E-state index contributed by atoms with van der Waals surface area (Å²) in [5.41, 5.74) is 0.941. The van der Waals surface area contributed by atoms with E-state index in [0.717, 1.165) is 15.0 Å². The van der Waals surface area contributed by atoms with E-state index < -0.39 is 6.10 Å². The Morgan fingerprint density at radius 1 is 1.32 bits per heavy atom. The van der Waals surface area contributed by atoms with Crippen LogP contribution < -0.4 is 5.32 Å². The van der Waals surface area contributed by atoms with Crippen molar-refractivity contribution in [3.8, 4) is 0 Å². The minimum absolute atomic E-state index is 0.463. The number of anilines is 1. The van der Waals surface area contributed by atoms with Crippen molar-refractivity contribution in [3.05, 3.63) is 35.9 Å². The molecule has 1 aliphatic rings. The Balaban J connectivity index is 1.52. The van der Waals surface area contributed by atoms with Crippen molar-refractivity contribution < 1.29 is 5.11 Å². The number of aromatic nitrogens is 2. The van der Waals surface area contributed by atoms with Gasteiger partial charge in [-0.25, -0.2) is 0 Å². The molecule has 1 atom stereocenters. The van der Waals surface area contributed by atoms with Crippen molar-refractivity contribution in [2.24, 2.45) is 0 Å². The minimum Gasteiger partial charge on any atom is -0.388 e. The standard InChI is InChI=1S/C13H15N3OS2/c17-11(9-4-2-1-3-5-9)8-18-13-16-15-12(19-13)14-10-6-7-10/h1-5,10-11,17H,6-8H2,(H,14,15). The second-order valence-corrected chi connectivity index (χ2v) is 6.77. The summed E-state index contributed by atoms with van der Waals surface area (Å²) in [6.45, 7) is 0. The topological polar surface area (TPSA) is 58.0 Å². The van der Waals surface area contributed by atoms with Gasteiger partial charge in [-0.05, 0) is 18.4 Å². The van der Waals surface area contributed by atoms with E-state index in [1.165, 1.54) is 12.8 Å². The molecule has 0 aliphatic heterocycles. The monoisotopic (exact) mass is 293 g/mol. The van der Waals surface area contributed by atoms with Crippen LogP contribution in [0.2, 0.25) is 0 Å². The molecule has 1 heterocycles. The van der Waals surface area contributed by atoms with Crippen molar-refractivity contribution in [2.75, 3.05) is 11.1 Å². The highest BCUT2D eigenvalue weighted by Gasteiger charge is 2.22. The molecule has 0 radical (unpaired) electrons. The van der Waals surface area contributed by atoms with E-state index in [1.807, 2.05) is 30.3 Å². The summed E-state index contributed by atoms with van der Waals surface area (Å²) in [5, 5.41) is 22.5. The van der Waals surface area contributed by atoms with Gasteiger partial charge in [-0.15, -0.1) is 10.2 Å². The first-order chi connectivity index (χ1) is 9.31. The van der Waals surface area contributed by atoms with Gasteiger partial charge in [-0.3, -0.25) is 0 Å². The second-order valence-electron chi connectivity index (χ2n) is 4.53. The fourth-order valence-corrected chi connectivity index (χ4v) is 3.47. The molecule has 0 saturated heterocycles. The molecule has 1 aliphatic carbocycles. The predicted molar refractivity (Wildman–Crippen MR) is 78.7 cm³/mol. The van der Waals surface area contributed by atoms with Crippen molar-refractivity contribution in [1.29, 1.82) is 0 Å². The third-order valence-corrected chi connectivity index (χ3v) is 4.92. The molecular weight excluding hydrogens is 278 g/mol. The molecule has 0 spiro atoms. The maximum Gasteiger partial charge on any atom is 0.206 e. The van der Waals surface area contributed by atoms with Crippen LogP contribution in [0, 0.1) is 0 Å². The van der Waals surface area contributed by atoms with Gasteiger partial charge in [0.2, 0.25) is 5.13 Å². The first kappa shape index (κ1) is 12.9. The van der Waals surface area contributed by atoms with E-state index in [1.54, 1.807) is 23.1 Å². The molecule has 100 valence electrons.